The maximum absolute atomic E-state index is 11.8. The second kappa shape index (κ2) is 7.50. The number of carbonyl (C=O) groups excluding carboxylic acids is 2. The SMILES string of the molecule is CCOC(=O)c1cc2cc(OC3CC(NC(=O)OC(C)(C)C)C3)ccc2o1. The van der Waals surface area contributed by atoms with Crippen molar-refractivity contribution in [3.8, 4) is 5.75 Å². The largest absolute Gasteiger partial charge is 0.490 e. The summed E-state index contributed by atoms with van der Waals surface area (Å²) in [7, 11) is 0. The fraction of sp³-hybridized carbons (Fsp3) is 0.500. The molecule has 1 saturated carbocycles. The van der Waals surface area contributed by atoms with Crippen LogP contribution in [0.3, 0.4) is 0 Å². The third-order valence-electron chi connectivity index (χ3n) is 4.08. The first-order valence-corrected chi connectivity index (χ1v) is 9.10. The summed E-state index contributed by atoms with van der Waals surface area (Å²) in [4.78, 5) is 23.5. The molecule has 0 aliphatic heterocycles. The van der Waals surface area contributed by atoms with Crippen molar-refractivity contribution in [1.29, 1.82) is 0 Å². The lowest BCUT2D eigenvalue weighted by Gasteiger charge is -2.36. The van der Waals surface area contributed by atoms with E-state index in [9.17, 15) is 9.59 Å². The summed E-state index contributed by atoms with van der Waals surface area (Å²) >= 11 is 0. The molecule has 1 aliphatic rings. The molecule has 3 rings (SSSR count). The van der Waals surface area contributed by atoms with Crippen molar-refractivity contribution in [3.63, 3.8) is 0 Å². The Bertz CT molecular complexity index is 829. The van der Waals surface area contributed by atoms with Crippen molar-refractivity contribution in [3.05, 3.63) is 30.0 Å². The molecule has 0 atom stereocenters. The van der Waals surface area contributed by atoms with Gasteiger partial charge in [0.1, 0.15) is 23.0 Å². The Morgan fingerprint density at radius 1 is 1.22 bits per heavy atom. The van der Waals surface area contributed by atoms with Crippen molar-refractivity contribution < 1.29 is 28.2 Å². The van der Waals surface area contributed by atoms with Crippen molar-refractivity contribution in [2.75, 3.05) is 6.61 Å². The summed E-state index contributed by atoms with van der Waals surface area (Å²) in [6, 6.07) is 7.10. The molecule has 1 amide bonds. The van der Waals surface area contributed by atoms with Gasteiger partial charge in [-0.05, 0) is 52.0 Å². The van der Waals surface area contributed by atoms with Gasteiger partial charge in [-0.15, -0.1) is 0 Å². The van der Waals surface area contributed by atoms with E-state index in [1.54, 1.807) is 25.1 Å². The molecule has 1 heterocycles. The molecule has 1 aromatic heterocycles. The van der Waals surface area contributed by atoms with E-state index in [2.05, 4.69) is 5.32 Å². The first-order chi connectivity index (χ1) is 12.7. The van der Waals surface area contributed by atoms with Gasteiger partial charge in [-0.2, -0.15) is 0 Å². The van der Waals surface area contributed by atoms with Crippen LogP contribution in [0.25, 0.3) is 11.0 Å². The second-order valence-electron chi connectivity index (χ2n) is 7.59. The first-order valence-electron chi connectivity index (χ1n) is 9.10. The Morgan fingerprint density at radius 3 is 2.63 bits per heavy atom. The zero-order valence-corrected chi connectivity index (χ0v) is 16.0. The molecule has 7 nitrogen and oxygen atoms in total. The summed E-state index contributed by atoms with van der Waals surface area (Å²) in [5.74, 6) is 0.389. The number of ether oxygens (including phenoxy) is 3. The summed E-state index contributed by atoms with van der Waals surface area (Å²) < 4.78 is 21.6. The minimum Gasteiger partial charge on any atom is -0.490 e. The van der Waals surface area contributed by atoms with Gasteiger partial charge in [0, 0.05) is 24.3 Å². The van der Waals surface area contributed by atoms with Crippen LogP contribution in [-0.4, -0.2) is 36.4 Å². The molecule has 146 valence electrons. The van der Waals surface area contributed by atoms with Gasteiger partial charge < -0.3 is 23.9 Å². The molecule has 0 saturated heterocycles. The van der Waals surface area contributed by atoms with Gasteiger partial charge in [0.05, 0.1) is 6.61 Å². The Balaban J connectivity index is 1.53. The van der Waals surface area contributed by atoms with Gasteiger partial charge >= 0.3 is 12.1 Å². The van der Waals surface area contributed by atoms with Crippen molar-refractivity contribution in [1.82, 2.24) is 5.32 Å². The minimum absolute atomic E-state index is 0.0267. The van der Waals surface area contributed by atoms with Crippen LogP contribution in [0.2, 0.25) is 0 Å². The molecular formula is C20H25NO6. The Morgan fingerprint density at radius 2 is 1.96 bits per heavy atom. The van der Waals surface area contributed by atoms with E-state index >= 15 is 0 Å². The number of rotatable bonds is 5. The molecule has 2 aromatic rings. The van der Waals surface area contributed by atoms with Crippen LogP contribution < -0.4 is 10.1 Å². The lowest BCUT2D eigenvalue weighted by atomic mass is 9.89. The highest BCUT2D eigenvalue weighted by molar-refractivity contribution is 5.92. The third-order valence-corrected chi connectivity index (χ3v) is 4.08. The standard InChI is InChI=1S/C20H25NO6/c1-5-24-18(22)17-9-12-8-14(6-7-16(12)26-17)25-15-10-13(11-15)21-19(23)27-20(2,3)4/h6-9,13,15H,5,10-11H2,1-4H3,(H,21,23). The van der Waals surface area contributed by atoms with Crippen LogP contribution in [0.4, 0.5) is 4.79 Å². The van der Waals surface area contributed by atoms with Crippen molar-refractivity contribution in [2.24, 2.45) is 0 Å². The molecule has 0 bridgehead atoms. The first kappa shape index (κ1) is 19.1. The fourth-order valence-corrected chi connectivity index (χ4v) is 2.84. The zero-order chi connectivity index (χ0) is 19.6. The molecular weight excluding hydrogens is 350 g/mol. The van der Waals surface area contributed by atoms with Gasteiger partial charge in [0.25, 0.3) is 0 Å². The van der Waals surface area contributed by atoms with Crippen LogP contribution in [-0.2, 0) is 9.47 Å². The molecule has 1 aliphatic carbocycles. The summed E-state index contributed by atoms with van der Waals surface area (Å²) in [6.07, 6.45) is 1.06. The van der Waals surface area contributed by atoms with Gasteiger partial charge in [0.15, 0.2) is 0 Å². The number of hydrogen-bond donors (Lipinski definition) is 1. The zero-order valence-electron chi connectivity index (χ0n) is 16.0. The number of carbonyl (C=O) groups is 2. The van der Waals surface area contributed by atoms with Crippen LogP contribution in [0.5, 0.6) is 5.75 Å². The highest BCUT2D eigenvalue weighted by Crippen LogP contribution is 2.30. The van der Waals surface area contributed by atoms with Crippen molar-refractivity contribution in [2.45, 2.75) is 58.3 Å². The van der Waals surface area contributed by atoms with Crippen LogP contribution in [0.15, 0.2) is 28.7 Å². The maximum atomic E-state index is 11.8. The van der Waals surface area contributed by atoms with Gasteiger partial charge in [-0.3, -0.25) is 0 Å². The highest BCUT2D eigenvalue weighted by atomic mass is 16.6. The number of furan rings is 1. The number of fused-ring (bicyclic) bond motifs is 1. The van der Waals surface area contributed by atoms with E-state index in [4.69, 9.17) is 18.6 Å². The van der Waals surface area contributed by atoms with Crippen LogP contribution in [0, 0.1) is 0 Å². The molecule has 0 unspecified atom stereocenters. The smallest absolute Gasteiger partial charge is 0.407 e. The highest BCUT2D eigenvalue weighted by Gasteiger charge is 2.33. The molecule has 1 aromatic carbocycles. The quantitative estimate of drug-likeness (QED) is 0.794. The average Bonchev–Trinajstić information content (AvgIpc) is 2.94. The summed E-state index contributed by atoms with van der Waals surface area (Å²) in [5, 5.41) is 3.61. The molecule has 0 spiro atoms. The molecule has 27 heavy (non-hydrogen) atoms. The Labute approximate surface area is 157 Å². The molecule has 7 heteroatoms. The number of benzene rings is 1. The van der Waals surface area contributed by atoms with Gasteiger partial charge in [0.2, 0.25) is 5.76 Å². The summed E-state index contributed by atoms with van der Waals surface area (Å²) in [5.41, 5.74) is 0.0927. The van der Waals surface area contributed by atoms with E-state index in [1.807, 2.05) is 26.8 Å². The normalized spacial score (nSPS) is 19.3. The topological polar surface area (TPSA) is 87.0 Å². The monoisotopic (exact) mass is 375 g/mol. The Hall–Kier alpha value is -2.70. The van der Waals surface area contributed by atoms with Gasteiger partial charge in [-0.25, -0.2) is 9.59 Å². The minimum atomic E-state index is -0.508. The number of esters is 1. The van der Waals surface area contributed by atoms with E-state index in [-0.39, 0.29) is 17.9 Å². The van der Waals surface area contributed by atoms with Crippen LogP contribution >= 0.6 is 0 Å². The maximum Gasteiger partial charge on any atom is 0.407 e. The number of hydrogen-bond acceptors (Lipinski definition) is 6. The predicted molar refractivity (Wildman–Crippen MR) is 99.0 cm³/mol. The Kier molecular flexibility index (Phi) is 5.30. The van der Waals surface area contributed by atoms with Gasteiger partial charge in [-0.1, -0.05) is 0 Å². The molecule has 1 fully saturated rings. The number of amides is 1. The lowest BCUT2D eigenvalue weighted by molar-refractivity contribution is 0.0362. The predicted octanol–water partition coefficient (Wildman–Crippen LogP) is 4.04. The number of nitrogens with one attached hydrogen (secondary N) is 1. The lowest BCUT2D eigenvalue weighted by Crippen LogP contribution is -2.50. The molecule has 0 radical (unpaired) electrons. The number of alkyl carbamates (subject to hydrolysis) is 1. The van der Waals surface area contributed by atoms with E-state index < -0.39 is 17.7 Å². The second-order valence-corrected chi connectivity index (χ2v) is 7.59. The summed E-state index contributed by atoms with van der Waals surface area (Å²) in [6.45, 7) is 7.54. The third kappa shape index (κ3) is 4.93. The van der Waals surface area contributed by atoms with E-state index in [1.165, 1.54) is 0 Å². The molecule has 1 N–H and O–H groups in total. The van der Waals surface area contributed by atoms with E-state index in [0.29, 0.717) is 17.9 Å². The average molecular weight is 375 g/mol. The van der Waals surface area contributed by atoms with Crippen LogP contribution in [0.1, 0.15) is 51.1 Å². The van der Waals surface area contributed by atoms with Crippen molar-refractivity contribution >= 4 is 23.0 Å². The van der Waals surface area contributed by atoms with E-state index in [0.717, 1.165) is 18.2 Å². The fourth-order valence-electron chi connectivity index (χ4n) is 2.84.